The van der Waals surface area contributed by atoms with Gasteiger partial charge in [-0.25, -0.2) is 9.59 Å². The third kappa shape index (κ3) is 5.61. The van der Waals surface area contributed by atoms with Gasteiger partial charge >= 0.3 is 12.0 Å². The molecule has 0 bridgehead atoms. The Bertz CT molecular complexity index is 966. The largest absolute Gasteiger partial charge is 0.497 e. The molecule has 1 aliphatic heterocycles. The summed E-state index contributed by atoms with van der Waals surface area (Å²) in [5, 5.41) is 6.14. The van der Waals surface area contributed by atoms with Crippen LogP contribution in [-0.4, -0.2) is 30.5 Å². The molecule has 0 spiro atoms. The van der Waals surface area contributed by atoms with Gasteiger partial charge in [-0.15, -0.1) is 11.8 Å². The first-order valence-electron chi connectivity index (χ1n) is 10.2. The molecule has 2 aromatic rings. The van der Waals surface area contributed by atoms with Crippen molar-refractivity contribution >= 4 is 29.5 Å². The number of benzene rings is 2. The van der Waals surface area contributed by atoms with Crippen molar-refractivity contribution in [1.82, 2.24) is 10.6 Å². The van der Waals surface area contributed by atoms with Crippen LogP contribution in [0.25, 0.3) is 5.70 Å². The van der Waals surface area contributed by atoms with E-state index in [0.29, 0.717) is 27.8 Å². The van der Waals surface area contributed by atoms with Crippen molar-refractivity contribution in [2.75, 3.05) is 7.11 Å². The molecule has 7 heteroatoms. The number of carbonyl (C=O) groups excluding carboxylic acids is 2. The van der Waals surface area contributed by atoms with Crippen LogP contribution < -0.4 is 15.4 Å². The Morgan fingerprint density at radius 3 is 2.19 bits per heavy atom. The van der Waals surface area contributed by atoms with E-state index in [1.54, 1.807) is 44.9 Å². The number of thioether (sulfide) groups is 1. The smallest absolute Gasteiger partial charge is 0.338 e. The average molecular weight is 441 g/mol. The van der Waals surface area contributed by atoms with Gasteiger partial charge in [0, 0.05) is 10.1 Å². The summed E-state index contributed by atoms with van der Waals surface area (Å²) in [6.07, 6.45) is -0.291. The van der Waals surface area contributed by atoms with Crippen LogP contribution >= 0.6 is 11.8 Å². The highest BCUT2D eigenvalue weighted by molar-refractivity contribution is 7.99. The van der Waals surface area contributed by atoms with Gasteiger partial charge in [0.2, 0.25) is 0 Å². The lowest BCUT2D eigenvalue weighted by Crippen LogP contribution is -2.45. The second-order valence-corrected chi connectivity index (χ2v) is 9.39. The number of hydrogen-bond donors (Lipinski definition) is 2. The maximum atomic E-state index is 13.1. The molecule has 6 nitrogen and oxygen atoms in total. The molecular weight excluding hydrogens is 412 g/mol. The number of esters is 1. The Morgan fingerprint density at radius 2 is 1.65 bits per heavy atom. The predicted molar refractivity (Wildman–Crippen MR) is 123 cm³/mol. The minimum Gasteiger partial charge on any atom is -0.497 e. The molecule has 164 valence electrons. The number of nitrogens with one attached hydrogen (secondary N) is 2. The maximum absolute atomic E-state index is 13.1. The van der Waals surface area contributed by atoms with Crippen molar-refractivity contribution in [2.45, 2.75) is 50.0 Å². The molecule has 0 saturated heterocycles. The number of carbonyl (C=O) groups is 2. The van der Waals surface area contributed by atoms with Gasteiger partial charge in [-0.2, -0.15) is 0 Å². The summed E-state index contributed by atoms with van der Waals surface area (Å²) in [7, 11) is 1.59. The average Bonchev–Trinajstić information content (AvgIpc) is 2.72. The Kier molecular flexibility index (Phi) is 7.28. The fraction of sp³-hybridized carbons (Fsp3) is 0.333. The fourth-order valence-corrected chi connectivity index (χ4v) is 4.15. The molecule has 1 unspecified atom stereocenters. The first-order valence-corrected chi connectivity index (χ1v) is 11.1. The number of urea groups is 1. The van der Waals surface area contributed by atoms with Crippen LogP contribution in [0.4, 0.5) is 4.79 Å². The standard InChI is InChI=1S/C24H28N2O4S/c1-14(2)30-23(27)20-21(16-6-10-18(29-5)11-7-16)25-24(28)26-22(20)17-8-12-19(13-9-17)31-15(3)4/h6-15,22H,1-5H3,(H2,25,26,28). The van der Waals surface area contributed by atoms with Crippen LogP contribution in [0.1, 0.15) is 44.9 Å². The molecule has 3 rings (SSSR count). The minimum absolute atomic E-state index is 0.291. The van der Waals surface area contributed by atoms with E-state index in [0.717, 1.165) is 10.5 Å². The van der Waals surface area contributed by atoms with E-state index in [-0.39, 0.29) is 12.1 Å². The van der Waals surface area contributed by atoms with Crippen LogP contribution in [0.2, 0.25) is 0 Å². The number of ether oxygens (including phenoxy) is 2. The summed E-state index contributed by atoms with van der Waals surface area (Å²) >= 11 is 1.76. The van der Waals surface area contributed by atoms with Crippen LogP contribution in [-0.2, 0) is 9.53 Å². The van der Waals surface area contributed by atoms with Gasteiger partial charge in [0.1, 0.15) is 5.75 Å². The van der Waals surface area contributed by atoms with E-state index < -0.39 is 12.0 Å². The topological polar surface area (TPSA) is 76.7 Å². The zero-order chi connectivity index (χ0) is 22.5. The molecule has 31 heavy (non-hydrogen) atoms. The zero-order valence-electron chi connectivity index (χ0n) is 18.4. The van der Waals surface area contributed by atoms with Crippen molar-refractivity contribution in [3.05, 3.63) is 65.2 Å². The molecule has 1 aliphatic rings. The second-order valence-electron chi connectivity index (χ2n) is 7.74. The van der Waals surface area contributed by atoms with Crippen LogP contribution in [0.15, 0.2) is 59.0 Å². The molecule has 1 heterocycles. The Balaban J connectivity index is 2.08. The van der Waals surface area contributed by atoms with Crippen molar-refractivity contribution in [3.63, 3.8) is 0 Å². The van der Waals surface area contributed by atoms with E-state index in [1.165, 1.54) is 0 Å². The number of methoxy groups -OCH3 is 1. The first-order chi connectivity index (χ1) is 14.8. The zero-order valence-corrected chi connectivity index (χ0v) is 19.2. The lowest BCUT2D eigenvalue weighted by molar-refractivity contribution is -0.143. The summed E-state index contributed by atoms with van der Waals surface area (Å²) in [5.74, 6) is 0.213. The van der Waals surface area contributed by atoms with Gasteiger partial charge in [-0.1, -0.05) is 26.0 Å². The van der Waals surface area contributed by atoms with Gasteiger partial charge in [0.15, 0.2) is 0 Å². The first kappa shape index (κ1) is 22.7. The summed E-state index contributed by atoms with van der Waals surface area (Å²) in [6.45, 7) is 7.87. The van der Waals surface area contributed by atoms with Gasteiger partial charge in [-0.3, -0.25) is 0 Å². The van der Waals surface area contributed by atoms with Crippen LogP contribution in [0, 0.1) is 0 Å². The molecule has 2 aromatic carbocycles. The highest BCUT2D eigenvalue weighted by Gasteiger charge is 2.34. The van der Waals surface area contributed by atoms with E-state index in [2.05, 4.69) is 24.5 Å². The third-order valence-electron chi connectivity index (χ3n) is 4.60. The van der Waals surface area contributed by atoms with Crippen molar-refractivity contribution in [1.29, 1.82) is 0 Å². The molecule has 0 aliphatic carbocycles. The summed E-state index contributed by atoms with van der Waals surface area (Å²) in [5.41, 5.74) is 2.30. The van der Waals surface area contributed by atoms with E-state index in [1.807, 2.05) is 36.4 Å². The van der Waals surface area contributed by atoms with Crippen LogP contribution in [0.5, 0.6) is 5.75 Å². The van der Waals surface area contributed by atoms with Crippen molar-refractivity contribution in [2.24, 2.45) is 0 Å². The highest BCUT2D eigenvalue weighted by atomic mass is 32.2. The van der Waals surface area contributed by atoms with Gasteiger partial charge in [0.05, 0.1) is 30.5 Å². The second kappa shape index (κ2) is 9.92. The summed E-state index contributed by atoms with van der Waals surface area (Å²) in [6, 6.07) is 14.1. The van der Waals surface area contributed by atoms with Crippen molar-refractivity contribution in [3.8, 4) is 5.75 Å². The normalized spacial score (nSPS) is 16.2. The molecule has 0 fully saturated rings. The fourth-order valence-electron chi connectivity index (χ4n) is 3.31. The third-order valence-corrected chi connectivity index (χ3v) is 5.61. The maximum Gasteiger partial charge on any atom is 0.338 e. The van der Waals surface area contributed by atoms with Gasteiger partial charge < -0.3 is 20.1 Å². The number of hydrogen-bond acceptors (Lipinski definition) is 5. The van der Waals surface area contributed by atoms with E-state index in [9.17, 15) is 9.59 Å². The number of rotatable bonds is 7. The number of amides is 2. The monoisotopic (exact) mass is 440 g/mol. The lowest BCUT2D eigenvalue weighted by Gasteiger charge is -2.30. The Labute approximate surface area is 187 Å². The van der Waals surface area contributed by atoms with Gasteiger partial charge in [-0.05, 0) is 61.4 Å². The molecule has 0 radical (unpaired) electrons. The molecule has 2 amide bonds. The predicted octanol–water partition coefficient (Wildman–Crippen LogP) is 4.91. The van der Waals surface area contributed by atoms with E-state index >= 15 is 0 Å². The Morgan fingerprint density at radius 1 is 1.00 bits per heavy atom. The van der Waals surface area contributed by atoms with Gasteiger partial charge in [0.25, 0.3) is 0 Å². The SMILES string of the molecule is COc1ccc(C2=C(C(=O)OC(C)C)C(c3ccc(SC(C)C)cc3)NC(=O)N2)cc1. The van der Waals surface area contributed by atoms with E-state index in [4.69, 9.17) is 9.47 Å². The summed E-state index contributed by atoms with van der Waals surface area (Å²) in [4.78, 5) is 26.8. The van der Waals surface area contributed by atoms with Crippen LogP contribution in [0.3, 0.4) is 0 Å². The Hall–Kier alpha value is -2.93. The quantitative estimate of drug-likeness (QED) is 0.472. The molecular formula is C24H28N2O4S. The minimum atomic E-state index is -0.629. The molecule has 0 aromatic heterocycles. The molecule has 2 N–H and O–H groups in total. The molecule has 1 atom stereocenters. The lowest BCUT2D eigenvalue weighted by atomic mass is 9.92. The molecule has 0 saturated carbocycles. The van der Waals surface area contributed by atoms with Crippen molar-refractivity contribution < 1.29 is 19.1 Å². The highest BCUT2D eigenvalue weighted by Crippen LogP contribution is 2.34. The summed E-state index contributed by atoms with van der Waals surface area (Å²) < 4.78 is 10.8.